The van der Waals surface area contributed by atoms with E-state index in [-0.39, 0.29) is 18.8 Å². The number of methoxy groups -OCH3 is 1. The van der Waals surface area contributed by atoms with Gasteiger partial charge in [-0.25, -0.2) is 4.39 Å². The molecule has 0 unspecified atom stereocenters. The van der Waals surface area contributed by atoms with Crippen LogP contribution >= 0.6 is 7.60 Å². The fraction of sp³-hybridized carbons (Fsp3) is 0.500. The van der Waals surface area contributed by atoms with Gasteiger partial charge in [0.2, 0.25) is 0 Å². The van der Waals surface area contributed by atoms with Crippen LogP contribution in [0.1, 0.15) is 25.2 Å². The molecule has 0 bridgehead atoms. The molecule has 0 aliphatic carbocycles. The Bertz CT molecular complexity index is 459. The fourth-order valence-corrected chi connectivity index (χ4v) is 3.26. The predicted molar refractivity (Wildman–Crippen MR) is 70.7 cm³/mol. The molecule has 0 amide bonds. The van der Waals surface area contributed by atoms with Crippen molar-refractivity contribution in [3.05, 3.63) is 29.6 Å². The van der Waals surface area contributed by atoms with E-state index in [9.17, 15) is 8.96 Å². The van der Waals surface area contributed by atoms with E-state index in [1.165, 1.54) is 25.3 Å². The number of nitrogens with two attached hydrogens (primary N) is 1. The highest BCUT2D eigenvalue weighted by atomic mass is 31.2. The van der Waals surface area contributed by atoms with Crippen LogP contribution in [0.2, 0.25) is 0 Å². The van der Waals surface area contributed by atoms with E-state index in [0.29, 0.717) is 5.75 Å². The van der Waals surface area contributed by atoms with Gasteiger partial charge in [0.05, 0.1) is 20.3 Å². The second-order valence-electron chi connectivity index (χ2n) is 3.71. The van der Waals surface area contributed by atoms with Crippen LogP contribution in [-0.4, -0.2) is 20.3 Å². The second-order valence-corrected chi connectivity index (χ2v) is 5.86. The van der Waals surface area contributed by atoms with Gasteiger partial charge >= 0.3 is 7.60 Å². The highest BCUT2D eigenvalue weighted by Gasteiger charge is 2.35. The molecule has 1 aromatic rings. The van der Waals surface area contributed by atoms with Gasteiger partial charge in [-0.1, -0.05) is 0 Å². The maximum atomic E-state index is 13.8. The quantitative estimate of drug-likeness (QED) is 0.782. The molecule has 0 aromatic heterocycles. The van der Waals surface area contributed by atoms with Gasteiger partial charge in [0.1, 0.15) is 17.3 Å². The lowest BCUT2D eigenvalue weighted by Crippen LogP contribution is -2.16. The van der Waals surface area contributed by atoms with Crippen molar-refractivity contribution in [1.29, 1.82) is 0 Å². The first kappa shape index (κ1) is 16.1. The second kappa shape index (κ2) is 7.01. The topological polar surface area (TPSA) is 70.8 Å². The lowest BCUT2D eigenvalue weighted by molar-refractivity contribution is 0.212. The Morgan fingerprint density at radius 3 is 2.37 bits per heavy atom. The lowest BCUT2D eigenvalue weighted by atomic mass is 10.2. The van der Waals surface area contributed by atoms with E-state index in [2.05, 4.69) is 0 Å². The van der Waals surface area contributed by atoms with Crippen LogP contribution in [0.4, 0.5) is 4.39 Å². The third-order valence-electron chi connectivity index (χ3n) is 2.48. The van der Waals surface area contributed by atoms with Crippen molar-refractivity contribution in [3.8, 4) is 5.75 Å². The summed E-state index contributed by atoms with van der Waals surface area (Å²) in [6.45, 7) is 3.66. The molecule has 0 aliphatic rings. The maximum absolute atomic E-state index is 13.8. The van der Waals surface area contributed by atoms with Gasteiger partial charge in [0.25, 0.3) is 0 Å². The summed E-state index contributed by atoms with van der Waals surface area (Å²) in [5.74, 6) is -1.35. The standard InChI is InChI=1S/C12H19FNO4P/c1-4-17-19(15,18-5-2)12(14)10-8-9(16-3)6-7-11(10)13/h6-8,12H,4-5,14H2,1-3H3/t12-/m0/s1. The Morgan fingerprint density at radius 1 is 1.32 bits per heavy atom. The zero-order valence-electron chi connectivity index (χ0n) is 11.3. The fourth-order valence-electron chi connectivity index (χ4n) is 1.60. The molecule has 1 aromatic carbocycles. The Labute approximate surface area is 112 Å². The number of hydrogen-bond acceptors (Lipinski definition) is 5. The number of hydrogen-bond donors (Lipinski definition) is 1. The molecule has 1 atom stereocenters. The van der Waals surface area contributed by atoms with Crippen molar-refractivity contribution < 1.29 is 22.7 Å². The van der Waals surface area contributed by atoms with Gasteiger partial charge in [0.15, 0.2) is 0 Å². The van der Waals surface area contributed by atoms with E-state index in [0.717, 1.165) is 0 Å². The SMILES string of the molecule is CCOP(=O)(OCC)[C@H](N)c1cc(OC)ccc1F. The number of benzene rings is 1. The first-order valence-corrected chi connectivity index (χ1v) is 7.57. The Kier molecular flexibility index (Phi) is 5.94. The van der Waals surface area contributed by atoms with Crippen LogP contribution in [0.5, 0.6) is 5.75 Å². The molecule has 7 heteroatoms. The maximum Gasteiger partial charge on any atom is 0.351 e. The van der Waals surface area contributed by atoms with Crippen molar-refractivity contribution in [3.63, 3.8) is 0 Å². The first-order valence-electron chi connectivity index (χ1n) is 5.96. The summed E-state index contributed by atoms with van der Waals surface area (Å²) < 4.78 is 41.5. The molecule has 0 saturated heterocycles. The van der Waals surface area contributed by atoms with Crippen LogP contribution in [0.25, 0.3) is 0 Å². The summed E-state index contributed by atoms with van der Waals surface area (Å²) in [7, 11) is -2.16. The number of halogens is 1. The predicted octanol–water partition coefficient (Wildman–Crippen LogP) is 3.06. The smallest absolute Gasteiger partial charge is 0.351 e. The normalized spacial score (nSPS) is 13.3. The summed E-state index contributed by atoms with van der Waals surface area (Å²) in [5.41, 5.74) is 5.91. The molecule has 0 heterocycles. The molecule has 1 rings (SSSR count). The van der Waals surface area contributed by atoms with Gasteiger partial charge in [-0.3, -0.25) is 4.57 Å². The van der Waals surface area contributed by atoms with Crippen LogP contribution in [0, 0.1) is 5.82 Å². The Hall–Kier alpha value is -0.940. The van der Waals surface area contributed by atoms with Gasteiger partial charge in [-0.2, -0.15) is 0 Å². The summed E-state index contributed by atoms with van der Waals surface area (Å²) in [4.78, 5) is 0. The first-order chi connectivity index (χ1) is 8.98. The molecule has 2 N–H and O–H groups in total. The Morgan fingerprint density at radius 2 is 1.89 bits per heavy atom. The summed E-state index contributed by atoms with van der Waals surface area (Å²) in [5, 5.41) is 0. The van der Waals surface area contributed by atoms with Crippen LogP contribution in [0.3, 0.4) is 0 Å². The number of rotatable bonds is 7. The number of ether oxygens (including phenoxy) is 1. The highest BCUT2D eigenvalue weighted by molar-refractivity contribution is 7.54. The van der Waals surface area contributed by atoms with Crippen molar-refractivity contribution in [1.82, 2.24) is 0 Å². The van der Waals surface area contributed by atoms with E-state index in [1.807, 2.05) is 0 Å². The molecule has 19 heavy (non-hydrogen) atoms. The van der Waals surface area contributed by atoms with Gasteiger partial charge in [-0.05, 0) is 32.0 Å². The molecular formula is C12H19FNO4P. The van der Waals surface area contributed by atoms with E-state index < -0.39 is 19.2 Å². The zero-order valence-corrected chi connectivity index (χ0v) is 12.2. The minimum atomic E-state index is -3.61. The van der Waals surface area contributed by atoms with Crippen LogP contribution in [0.15, 0.2) is 18.2 Å². The van der Waals surface area contributed by atoms with Crippen molar-refractivity contribution in [2.45, 2.75) is 19.6 Å². The summed E-state index contributed by atoms with van der Waals surface area (Å²) >= 11 is 0. The summed E-state index contributed by atoms with van der Waals surface area (Å²) in [6.07, 6.45) is 0. The zero-order chi connectivity index (χ0) is 14.5. The largest absolute Gasteiger partial charge is 0.497 e. The monoisotopic (exact) mass is 291 g/mol. The van der Waals surface area contributed by atoms with E-state index >= 15 is 0 Å². The van der Waals surface area contributed by atoms with Gasteiger partial charge in [0, 0.05) is 5.56 Å². The van der Waals surface area contributed by atoms with Crippen LogP contribution in [-0.2, 0) is 13.6 Å². The molecule has 0 radical (unpaired) electrons. The molecule has 5 nitrogen and oxygen atoms in total. The molecular weight excluding hydrogens is 272 g/mol. The third kappa shape index (κ3) is 3.76. The van der Waals surface area contributed by atoms with Crippen molar-refractivity contribution >= 4 is 7.60 Å². The lowest BCUT2D eigenvalue weighted by Gasteiger charge is -2.23. The van der Waals surface area contributed by atoms with Gasteiger partial charge in [-0.15, -0.1) is 0 Å². The summed E-state index contributed by atoms with van der Waals surface area (Å²) in [6, 6.07) is 4.05. The molecule has 0 spiro atoms. The van der Waals surface area contributed by atoms with E-state index in [4.69, 9.17) is 19.5 Å². The average Bonchev–Trinajstić information content (AvgIpc) is 2.39. The molecule has 0 saturated carbocycles. The van der Waals surface area contributed by atoms with Gasteiger partial charge < -0.3 is 19.5 Å². The molecule has 0 aliphatic heterocycles. The van der Waals surface area contributed by atoms with Crippen molar-refractivity contribution in [2.24, 2.45) is 5.73 Å². The average molecular weight is 291 g/mol. The van der Waals surface area contributed by atoms with Crippen molar-refractivity contribution in [2.75, 3.05) is 20.3 Å². The highest BCUT2D eigenvalue weighted by Crippen LogP contribution is 2.58. The molecule has 108 valence electrons. The molecule has 0 fully saturated rings. The van der Waals surface area contributed by atoms with E-state index in [1.54, 1.807) is 13.8 Å². The minimum Gasteiger partial charge on any atom is -0.497 e. The van der Waals surface area contributed by atoms with Crippen LogP contribution < -0.4 is 10.5 Å². The minimum absolute atomic E-state index is 0.0459. The Balaban J connectivity index is 3.15. The third-order valence-corrected chi connectivity index (χ3v) is 4.68.